The van der Waals surface area contributed by atoms with Crippen molar-refractivity contribution in [1.29, 1.82) is 0 Å². The van der Waals surface area contributed by atoms with Gasteiger partial charge in [0, 0.05) is 5.92 Å². The van der Waals surface area contributed by atoms with Crippen LogP contribution in [0.3, 0.4) is 0 Å². The standard InChI is InChI=1S/C14H18O3/c1-16-13-8-4-5-9-14(13)17-10-12(15)11-6-2-3-7-11/h4-5,8-9,11H,2-3,6-7,10H2,1H3. The summed E-state index contributed by atoms with van der Waals surface area (Å²) in [6, 6.07) is 7.40. The lowest BCUT2D eigenvalue weighted by Crippen LogP contribution is -2.19. The van der Waals surface area contributed by atoms with E-state index in [1.54, 1.807) is 7.11 Å². The SMILES string of the molecule is COc1ccccc1OCC(=O)C1CCCC1. The lowest BCUT2D eigenvalue weighted by molar-refractivity contribution is -0.124. The van der Waals surface area contributed by atoms with E-state index in [2.05, 4.69) is 0 Å². The van der Waals surface area contributed by atoms with E-state index in [4.69, 9.17) is 9.47 Å². The van der Waals surface area contributed by atoms with Crippen LogP contribution >= 0.6 is 0 Å². The second-order valence-electron chi connectivity index (χ2n) is 4.39. The Kier molecular flexibility index (Phi) is 4.02. The minimum absolute atomic E-state index is 0.158. The van der Waals surface area contributed by atoms with Crippen molar-refractivity contribution in [2.75, 3.05) is 13.7 Å². The lowest BCUT2D eigenvalue weighted by atomic mass is 10.0. The number of carbonyl (C=O) groups excluding carboxylic acids is 1. The van der Waals surface area contributed by atoms with Gasteiger partial charge in [-0.05, 0) is 25.0 Å². The Labute approximate surface area is 102 Å². The summed E-state index contributed by atoms with van der Waals surface area (Å²) in [5, 5.41) is 0. The average molecular weight is 234 g/mol. The number of ketones is 1. The van der Waals surface area contributed by atoms with Gasteiger partial charge in [-0.1, -0.05) is 25.0 Å². The molecule has 0 aromatic heterocycles. The Balaban J connectivity index is 1.90. The minimum atomic E-state index is 0.158. The molecule has 1 aliphatic rings. The molecule has 17 heavy (non-hydrogen) atoms. The predicted octanol–water partition coefficient (Wildman–Crippen LogP) is 2.83. The molecule has 1 aliphatic carbocycles. The monoisotopic (exact) mass is 234 g/mol. The Hall–Kier alpha value is -1.51. The van der Waals surface area contributed by atoms with Gasteiger partial charge in [0.15, 0.2) is 17.3 Å². The molecule has 92 valence electrons. The number of methoxy groups -OCH3 is 1. The van der Waals surface area contributed by atoms with Crippen LogP contribution in [-0.4, -0.2) is 19.5 Å². The first kappa shape index (κ1) is 12.0. The van der Waals surface area contributed by atoms with E-state index in [1.807, 2.05) is 24.3 Å². The molecule has 0 amide bonds. The number of Topliss-reactive ketones (excluding diaryl/α,β-unsaturated/α-hetero) is 1. The number of ether oxygens (including phenoxy) is 2. The summed E-state index contributed by atoms with van der Waals surface area (Å²) in [4.78, 5) is 11.9. The second kappa shape index (κ2) is 5.71. The molecule has 1 aromatic carbocycles. The van der Waals surface area contributed by atoms with Gasteiger partial charge < -0.3 is 9.47 Å². The number of hydrogen-bond acceptors (Lipinski definition) is 3. The zero-order valence-corrected chi connectivity index (χ0v) is 10.1. The minimum Gasteiger partial charge on any atom is -0.493 e. The van der Waals surface area contributed by atoms with E-state index in [0.717, 1.165) is 12.8 Å². The van der Waals surface area contributed by atoms with Crippen LogP contribution in [0.4, 0.5) is 0 Å². The first-order valence-electron chi connectivity index (χ1n) is 6.10. The molecule has 0 atom stereocenters. The smallest absolute Gasteiger partial charge is 0.173 e. The Bertz CT molecular complexity index is 381. The highest BCUT2D eigenvalue weighted by Crippen LogP contribution is 2.28. The Morgan fingerprint density at radius 2 is 1.88 bits per heavy atom. The quantitative estimate of drug-likeness (QED) is 0.785. The number of carbonyl (C=O) groups is 1. The van der Waals surface area contributed by atoms with Crippen LogP contribution in [0.2, 0.25) is 0 Å². The van der Waals surface area contributed by atoms with Crippen LogP contribution in [0.15, 0.2) is 24.3 Å². The fourth-order valence-electron chi connectivity index (χ4n) is 2.25. The van der Waals surface area contributed by atoms with Crippen molar-refractivity contribution < 1.29 is 14.3 Å². The molecule has 0 heterocycles. The van der Waals surface area contributed by atoms with Gasteiger partial charge in [-0.25, -0.2) is 0 Å². The summed E-state index contributed by atoms with van der Waals surface area (Å²) in [6.07, 6.45) is 4.39. The van der Waals surface area contributed by atoms with Gasteiger partial charge in [0.05, 0.1) is 7.11 Å². The third kappa shape index (κ3) is 2.99. The lowest BCUT2D eigenvalue weighted by Gasteiger charge is -2.12. The normalized spacial score (nSPS) is 15.8. The van der Waals surface area contributed by atoms with Crippen molar-refractivity contribution in [3.05, 3.63) is 24.3 Å². The third-order valence-corrected chi connectivity index (χ3v) is 3.25. The van der Waals surface area contributed by atoms with Crippen LogP contribution in [0.5, 0.6) is 11.5 Å². The highest BCUT2D eigenvalue weighted by Gasteiger charge is 2.23. The molecule has 0 N–H and O–H groups in total. The summed E-state index contributed by atoms with van der Waals surface area (Å²) >= 11 is 0. The van der Waals surface area contributed by atoms with E-state index in [0.29, 0.717) is 11.5 Å². The van der Waals surface area contributed by atoms with E-state index in [1.165, 1.54) is 12.8 Å². The zero-order valence-electron chi connectivity index (χ0n) is 10.1. The molecule has 0 radical (unpaired) electrons. The van der Waals surface area contributed by atoms with Gasteiger partial charge in [0.25, 0.3) is 0 Å². The number of hydrogen-bond donors (Lipinski definition) is 0. The second-order valence-corrected chi connectivity index (χ2v) is 4.39. The predicted molar refractivity (Wildman–Crippen MR) is 65.5 cm³/mol. The summed E-state index contributed by atoms with van der Waals surface area (Å²) < 4.78 is 10.7. The van der Waals surface area contributed by atoms with Gasteiger partial charge in [-0.2, -0.15) is 0 Å². The maximum Gasteiger partial charge on any atom is 0.173 e. The van der Waals surface area contributed by atoms with Gasteiger partial charge in [-0.15, -0.1) is 0 Å². The molecule has 3 heteroatoms. The maximum absolute atomic E-state index is 11.9. The van der Waals surface area contributed by atoms with Crippen molar-refractivity contribution in [2.45, 2.75) is 25.7 Å². The van der Waals surface area contributed by atoms with Crippen LogP contribution in [-0.2, 0) is 4.79 Å². The molecule has 1 saturated carbocycles. The van der Waals surface area contributed by atoms with Crippen molar-refractivity contribution in [2.24, 2.45) is 5.92 Å². The van der Waals surface area contributed by atoms with Crippen molar-refractivity contribution in [3.63, 3.8) is 0 Å². The van der Waals surface area contributed by atoms with E-state index >= 15 is 0 Å². The van der Waals surface area contributed by atoms with Crippen molar-refractivity contribution >= 4 is 5.78 Å². The summed E-state index contributed by atoms with van der Waals surface area (Å²) in [5.74, 6) is 1.74. The number of rotatable bonds is 5. The molecule has 0 aliphatic heterocycles. The van der Waals surface area contributed by atoms with E-state index < -0.39 is 0 Å². The van der Waals surface area contributed by atoms with Crippen molar-refractivity contribution in [1.82, 2.24) is 0 Å². The summed E-state index contributed by atoms with van der Waals surface area (Å²) in [6.45, 7) is 0.158. The fraction of sp³-hybridized carbons (Fsp3) is 0.500. The largest absolute Gasteiger partial charge is 0.493 e. The molecule has 1 aromatic rings. The first-order valence-corrected chi connectivity index (χ1v) is 6.10. The topological polar surface area (TPSA) is 35.5 Å². The molecule has 0 unspecified atom stereocenters. The van der Waals surface area contributed by atoms with E-state index in [9.17, 15) is 4.79 Å². The van der Waals surface area contributed by atoms with E-state index in [-0.39, 0.29) is 18.3 Å². The van der Waals surface area contributed by atoms with Crippen LogP contribution in [0.25, 0.3) is 0 Å². The van der Waals surface area contributed by atoms with Gasteiger partial charge in [0.2, 0.25) is 0 Å². The van der Waals surface area contributed by atoms with Gasteiger partial charge in [0.1, 0.15) is 6.61 Å². The highest BCUT2D eigenvalue weighted by molar-refractivity contribution is 5.82. The molecule has 3 nitrogen and oxygen atoms in total. The fourth-order valence-corrected chi connectivity index (χ4v) is 2.25. The Morgan fingerprint density at radius 3 is 2.53 bits per heavy atom. The number of para-hydroxylation sites is 2. The van der Waals surface area contributed by atoms with Crippen LogP contribution < -0.4 is 9.47 Å². The molecule has 0 saturated heterocycles. The van der Waals surface area contributed by atoms with Crippen molar-refractivity contribution in [3.8, 4) is 11.5 Å². The van der Waals surface area contributed by atoms with Crippen LogP contribution in [0, 0.1) is 5.92 Å². The Morgan fingerprint density at radius 1 is 1.24 bits per heavy atom. The summed E-state index contributed by atoms with van der Waals surface area (Å²) in [7, 11) is 1.60. The maximum atomic E-state index is 11.9. The first-order chi connectivity index (χ1) is 8.31. The highest BCUT2D eigenvalue weighted by atomic mass is 16.5. The molecule has 0 bridgehead atoms. The molecule has 2 rings (SSSR count). The van der Waals surface area contributed by atoms with Crippen LogP contribution in [0.1, 0.15) is 25.7 Å². The average Bonchev–Trinajstić information content (AvgIpc) is 2.90. The summed E-state index contributed by atoms with van der Waals surface area (Å²) in [5.41, 5.74) is 0. The molecular weight excluding hydrogens is 216 g/mol. The zero-order chi connectivity index (χ0) is 12.1. The van der Waals surface area contributed by atoms with Gasteiger partial charge >= 0.3 is 0 Å². The number of benzene rings is 1. The third-order valence-electron chi connectivity index (χ3n) is 3.25. The van der Waals surface area contributed by atoms with Gasteiger partial charge in [-0.3, -0.25) is 4.79 Å². The molecule has 1 fully saturated rings. The molecule has 0 spiro atoms. The molecular formula is C14H18O3.